The summed E-state index contributed by atoms with van der Waals surface area (Å²) in [5.41, 5.74) is 3.13. The number of aromatic amines is 1. The number of aromatic nitrogens is 5. The first-order valence-electron chi connectivity index (χ1n) is 9.86. The van der Waals surface area contributed by atoms with Gasteiger partial charge in [-0.05, 0) is 58.9 Å². The van der Waals surface area contributed by atoms with Crippen molar-refractivity contribution in [2.75, 3.05) is 5.32 Å². The molecular weight excluding hydrogens is 488 g/mol. The van der Waals surface area contributed by atoms with Crippen molar-refractivity contribution >= 4 is 57.0 Å². The maximum absolute atomic E-state index is 13.6. The van der Waals surface area contributed by atoms with Gasteiger partial charge < -0.3 is 5.32 Å². The normalized spacial score (nSPS) is 12.0. The van der Waals surface area contributed by atoms with E-state index in [1.54, 1.807) is 4.57 Å². The van der Waals surface area contributed by atoms with Gasteiger partial charge in [-0.2, -0.15) is 18.6 Å². The number of aryl methyl sites for hydroxylation is 1. The van der Waals surface area contributed by atoms with Gasteiger partial charge in [0.15, 0.2) is 5.65 Å². The van der Waals surface area contributed by atoms with Crippen LogP contribution < -0.4 is 10.9 Å². The summed E-state index contributed by atoms with van der Waals surface area (Å²) in [6.07, 6.45) is 1.47. The molecule has 0 aliphatic rings. The van der Waals surface area contributed by atoms with Crippen LogP contribution >= 0.6 is 29.4 Å². The lowest BCUT2D eigenvalue weighted by Crippen LogP contribution is -2.26. The molecule has 0 radical (unpaired) electrons. The Kier molecular flexibility index (Phi) is 6.03. The minimum absolute atomic E-state index is 0. The van der Waals surface area contributed by atoms with Gasteiger partial charge in [-0.1, -0.05) is 36.4 Å². The van der Waals surface area contributed by atoms with Gasteiger partial charge in [0, 0.05) is 11.4 Å². The molecule has 0 unspecified atom stereocenters. The summed E-state index contributed by atoms with van der Waals surface area (Å²) < 4.78 is 2.47. The van der Waals surface area contributed by atoms with Crippen LogP contribution in [0.15, 0.2) is 70.3 Å². The number of anilines is 1. The van der Waals surface area contributed by atoms with E-state index in [0.717, 1.165) is 33.1 Å². The molecule has 0 bridgehead atoms. The van der Waals surface area contributed by atoms with Crippen LogP contribution in [-0.2, 0) is 0 Å². The molecule has 2 aromatic carbocycles. The first-order valence-corrected chi connectivity index (χ1v) is 10.7. The maximum atomic E-state index is 13.6. The van der Waals surface area contributed by atoms with E-state index in [0.29, 0.717) is 16.1 Å². The van der Waals surface area contributed by atoms with Crippen molar-refractivity contribution in [3.05, 3.63) is 87.1 Å². The van der Waals surface area contributed by atoms with E-state index >= 15 is 0 Å². The predicted molar refractivity (Wildman–Crippen MR) is 136 cm³/mol. The Labute approximate surface area is 199 Å². The van der Waals surface area contributed by atoms with Crippen molar-refractivity contribution in [3.63, 3.8) is 0 Å². The fourth-order valence-electron chi connectivity index (χ4n) is 3.93. The summed E-state index contributed by atoms with van der Waals surface area (Å²) in [6.45, 7) is 3.98. The van der Waals surface area contributed by atoms with Gasteiger partial charge in [-0.15, -0.1) is 0 Å². The minimum Gasteiger partial charge on any atom is -0.361 e. The average molecular weight is 509 g/mol. The van der Waals surface area contributed by atoms with Gasteiger partial charge >= 0.3 is 0 Å². The van der Waals surface area contributed by atoms with Gasteiger partial charge in [-0.3, -0.25) is 14.5 Å². The third kappa shape index (κ3) is 3.67. The van der Waals surface area contributed by atoms with Gasteiger partial charge in [0.05, 0.1) is 16.8 Å². The molecule has 0 aliphatic carbocycles. The van der Waals surface area contributed by atoms with Crippen LogP contribution in [-0.4, -0.2) is 24.7 Å². The molecule has 0 saturated carbocycles. The Bertz CT molecular complexity index is 1480. The highest BCUT2D eigenvalue weighted by molar-refractivity contribution is 9.10. The number of nitrogens with one attached hydrogen (secondary N) is 2. The largest absolute Gasteiger partial charge is 0.361 e. The molecule has 32 heavy (non-hydrogen) atoms. The summed E-state index contributed by atoms with van der Waals surface area (Å²) in [7, 11) is 0. The first kappa shape index (κ1) is 22.0. The number of para-hydroxylation sites is 1. The van der Waals surface area contributed by atoms with E-state index in [9.17, 15) is 4.79 Å². The number of hydrogen-bond acceptors (Lipinski definition) is 5. The van der Waals surface area contributed by atoms with Gasteiger partial charge in [0.1, 0.15) is 16.7 Å². The molecule has 5 rings (SSSR count). The van der Waals surface area contributed by atoms with Crippen LogP contribution in [0.1, 0.15) is 24.2 Å². The second kappa shape index (κ2) is 8.76. The molecule has 3 aromatic heterocycles. The van der Waals surface area contributed by atoms with Gasteiger partial charge in [0.2, 0.25) is 0 Å². The molecule has 2 N–H and O–H groups in total. The highest BCUT2D eigenvalue weighted by Gasteiger charge is 2.19. The Balaban J connectivity index is 0.00000245. The van der Waals surface area contributed by atoms with Crippen LogP contribution in [0.3, 0.4) is 0 Å². The SMILES string of the molecule is Cc1cccc2cc([C@H](C)Nc3ncnc4n[nH]c(Br)c34)n(-c3ccccc3)c(=O)c12.S. The second-order valence-electron chi connectivity index (χ2n) is 7.41. The maximum Gasteiger partial charge on any atom is 0.263 e. The van der Waals surface area contributed by atoms with Crippen LogP contribution in [0, 0.1) is 6.92 Å². The Morgan fingerprint density at radius 2 is 1.84 bits per heavy atom. The van der Waals surface area contributed by atoms with E-state index in [1.165, 1.54) is 6.33 Å². The smallest absolute Gasteiger partial charge is 0.263 e. The Morgan fingerprint density at radius 3 is 2.62 bits per heavy atom. The van der Waals surface area contributed by atoms with Crippen molar-refractivity contribution in [1.82, 2.24) is 24.7 Å². The first-order chi connectivity index (χ1) is 15.0. The molecule has 162 valence electrons. The zero-order chi connectivity index (χ0) is 21.5. The quantitative estimate of drug-likeness (QED) is 0.356. The van der Waals surface area contributed by atoms with E-state index in [-0.39, 0.29) is 25.1 Å². The highest BCUT2D eigenvalue weighted by Crippen LogP contribution is 2.29. The predicted octanol–water partition coefficient (Wildman–Crippen LogP) is 5.01. The summed E-state index contributed by atoms with van der Waals surface area (Å²) in [6, 6.07) is 17.5. The van der Waals surface area contributed by atoms with Crippen LogP contribution in [0.5, 0.6) is 0 Å². The second-order valence-corrected chi connectivity index (χ2v) is 8.20. The fraction of sp³-hybridized carbons (Fsp3) is 0.130. The van der Waals surface area contributed by atoms with Crippen molar-refractivity contribution in [2.24, 2.45) is 0 Å². The molecule has 7 nitrogen and oxygen atoms in total. The fourth-order valence-corrected chi connectivity index (χ4v) is 4.38. The lowest BCUT2D eigenvalue weighted by molar-refractivity contribution is 0.774. The van der Waals surface area contributed by atoms with Crippen molar-refractivity contribution in [2.45, 2.75) is 19.9 Å². The Morgan fingerprint density at radius 1 is 1.06 bits per heavy atom. The average Bonchev–Trinajstić information content (AvgIpc) is 3.16. The van der Waals surface area contributed by atoms with E-state index in [2.05, 4.69) is 47.5 Å². The number of fused-ring (bicyclic) bond motifs is 2. The number of halogens is 1. The number of pyridine rings is 1. The van der Waals surface area contributed by atoms with Gasteiger partial charge in [-0.25, -0.2) is 9.97 Å². The summed E-state index contributed by atoms with van der Waals surface area (Å²) in [5, 5.41) is 12.9. The number of nitrogens with zero attached hydrogens (tertiary/aromatic N) is 4. The molecule has 0 spiro atoms. The molecule has 9 heteroatoms. The summed E-state index contributed by atoms with van der Waals surface area (Å²) in [5.74, 6) is 0.634. The van der Waals surface area contributed by atoms with E-state index in [1.807, 2.05) is 62.4 Å². The van der Waals surface area contributed by atoms with E-state index in [4.69, 9.17) is 0 Å². The van der Waals surface area contributed by atoms with Crippen LogP contribution in [0.4, 0.5) is 5.82 Å². The molecule has 0 saturated heterocycles. The summed E-state index contributed by atoms with van der Waals surface area (Å²) >= 11 is 3.47. The molecule has 1 atom stereocenters. The standard InChI is InChI=1S/C23H19BrN6O.H2S/c1-13-7-6-8-15-11-17(30(23(31)18(13)15)16-9-4-3-5-10-16)14(2)27-21-19-20(24)28-29-22(19)26-12-25-21;/h3-12,14H,1-2H3,(H2,25,26,27,28,29);1H2/t14-;/m0./s1. The number of hydrogen-bond donors (Lipinski definition) is 2. The molecule has 0 amide bonds. The molecular formula is C23H21BrN6OS. The number of benzene rings is 2. The highest BCUT2D eigenvalue weighted by atomic mass is 79.9. The topological polar surface area (TPSA) is 88.5 Å². The van der Waals surface area contributed by atoms with Gasteiger partial charge in [0.25, 0.3) is 5.56 Å². The van der Waals surface area contributed by atoms with Crippen LogP contribution in [0.25, 0.3) is 27.5 Å². The number of rotatable bonds is 4. The third-order valence-electron chi connectivity index (χ3n) is 5.40. The van der Waals surface area contributed by atoms with Crippen molar-refractivity contribution < 1.29 is 0 Å². The zero-order valence-electron chi connectivity index (χ0n) is 17.4. The molecule has 5 aromatic rings. The molecule has 3 heterocycles. The minimum atomic E-state index is -0.224. The lowest BCUT2D eigenvalue weighted by atomic mass is 10.0. The molecule has 0 aliphatic heterocycles. The Hall–Kier alpha value is -3.17. The third-order valence-corrected chi connectivity index (χ3v) is 5.98. The molecule has 0 fully saturated rings. The van der Waals surface area contributed by atoms with Crippen LogP contribution in [0.2, 0.25) is 0 Å². The monoisotopic (exact) mass is 508 g/mol. The lowest BCUT2D eigenvalue weighted by Gasteiger charge is -2.22. The summed E-state index contributed by atoms with van der Waals surface area (Å²) in [4.78, 5) is 22.2. The number of H-pyrrole nitrogens is 1. The van der Waals surface area contributed by atoms with Crippen molar-refractivity contribution in [1.29, 1.82) is 0 Å². The van der Waals surface area contributed by atoms with Crippen molar-refractivity contribution in [3.8, 4) is 5.69 Å². The zero-order valence-corrected chi connectivity index (χ0v) is 20.0. The van der Waals surface area contributed by atoms with E-state index < -0.39 is 0 Å².